The van der Waals surface area contributed by atoms with Gasteiger partial charge in [0.25, 0.3) is 0 Å². The predicted molar refractivity (Wildman–Crippen MR) is 50.8 cm³/mol. The molecule has 0 radical (unpaired) electrons. The second-order valence-electron chi connectivity index (χ2n) is 2.83. The molecule has 0 saturated heterocycles. The Morgan fingerprint density at radius 1 is 1.43 bits per heavy atom. The molecule has 0 fully saturated rings. The van der Waals surface area contributed by atoms with Crippen molar-refractivity contribution in [1.29, 1.82) is 0 Å². The molecule has 5 nitrogen and oxygen atoms in total. The molecule has 1 aromatic carbocycles. The van der Waals surface area contributed by atoms with E-state index in [1.807, 2.05) is 18.3 Å². The maximum atomic E-state index is 10.1. The van der Waals surface area contributed by atoms with Crippen LogP contribution in [-0.2, 0) is 0 Å². The van der Waals surface area contributed by atoms with E-state index in [2.05, 4.69) is 4.98 Å². The first-order valence-electron chi connectivity index (χ1n) is 4.07. The lowest BCUT2D eigenvalue weighted by Gasteiger charge is -2.00. The molecule has 72 valence electrons. The molecule has 5 heteroatoms. The maximum Gasteiger partial charge on any atom is 0.344 e. The van der Waals surface area contributed by atoms with E-state index in [9.17, 15) is 10.1 Å². The van der Waals surface area contributed by atoms with Crippen LogP contribution in [0.1, 0.15) is 0 Å². The van der Waals surface area contributed by atoms with Crippen LogP contribution in [0, 0.1) is 10.1 Å². The lowest BCUT2D eigenvalue weighted by molar-refractivity contribution is -0.514. The molecule has 0 spiro atoms. The third-order valence-corrected chi connectivity index (χ3v) is 1.86. The van der Waals surface area contributed by atoms with Gasteiger partial charge in [0.05, 0.1) is 4.92 Å². The van der Waals surface area contributed by atoms with Crippen LogP contribution in [0.4, 0.5) is 0 Å². The highest BCUT2D eigenvalue weighted by Crippen LogP contribution is 2.19. The Kier molecular flexibility index (Phi) is 2.06. The van der Waals surface area contributed by atoms with E-state index in [1.165, 1.54) is 0 Å². The molecule has 0 aliphatic heterocycles. The third-order valence-electron chi connectivity index (χ3n) is 1.86. The largest absolute Gasteiger partial charge is 0.432 e. The van der Waals surface area contributed by atoms with Gasteiger partial charge >= 0.3 is 6.73 Å². The number of nitrogens with one attached hydrogen (secondary N) is 1. The minimum absolute atomic E-state index is 0.504. The van der Waals surface area contributed by atoms with E-state index in [4.69, 9.17) is 4.74 Å². The van der Waals surface area contributed by atoms with Gasteiger partial charge in [-0.3, -0.25) is 10.1 Å². The zero-order valence-electron chi connectivity index (χ0n) is 7.27. The Labute approximate surface area is 79.5 Å². The molecule has 0 unspecified atom stereocenters. The van der Waals surface area contributed by atoms with Crippen molar-refractivity contribution in [3.05, 3.63) is 40.6 Å². The van der Waals surface area contributed by atoms with Crippen LogP contribution in [0.5, 0.6) is 5.75 Å². The fourth-order valence-corrected chi connectivity index (χ4v) is 1.25. The first-order valence-corrected chi connectivity index (χ1v) is 4.07. The average molecular weight is 192 g/mol. The first kappa shape index (κ1) is 8.55. The number of hydrogen-bond acceptors (Lipinski definition) is 3. The summed E-state index contributed by atoms with van der Waals surface area (Å²) >= 11 is 0. The number of H-pyrrole nitrogens is 1. The second kappa shape index (κ2) is 3.37. The van der Waals surface area contributed by atoms with Gasteiger partial charge < -0.3 is 9.72 Å². The molecule has 2 rings (SSSR count). The zero-order chi connectivity index (χ0) is 9.97. The Morgan fingerprint density at radius 2 is 2.29 bits per heavy atom. The molecule has 0 aliphatic carbocycles. The van der Waals surface area contributed by atoms with Crippen LogP contribution in [-0.4, -0.2) is 16.6 Å². The standard InChI is InChI=1S/C9H8N2O3/c12-11(13)6-14-8-1-2-9-7(5-8)3-4-10-9/h1-5,10H,6H2. The summed E-state index contributed by atoms with van der Waals surface area (Å²) in [5.74, 6) is 0.508. The van der Waals surface area contributed by atoms with Crippen LogP contribution in [0.3, 0.4) is 0 Å². The SMILES string of the molecule is O=[N+]([O-])COc1ccc2[nH]ccc2c1. The summed E-state index contributed by atoms with van der Waals surface area (Å²) < 4.78 is 4.93. The van der Waals surface area contributed by atoms with Crippen LogP contribution < -0.4 is 4.74 Å². The van der Waals surface area contributed by atoms with Crippen molar-refractivity contribution in [1.82, 2.24) is 4.98 Å². The highest BCUT2D eigenvalue weighted by Gasteiger charge is 2.00. The Morgan fingerprint density at radius 3 is 3.07 bits per heavy atom. The zero-order valence-corrected chi connectivity index (χ0v) is 7.27. The summed E-state index contributed by atoms with van der Waals surface area (Å²) in [6.07, 6.45) is 1.81. The summed E-state index contributed by atoms with van der Waals surface area (Å²) in [4.78, 5) is 12.6. The van der Waals surface area contributed by atoms with Crippen molar-refractivity contribution < 1.29 is 9.66 Å². The maximum absolute atomic E-state index is 10.1. The van der Waals surface area contributed by atoms with Crippen LogP contribution in [0.25, 0.3) is 10.9 Å². The molecule has 0 aliphatic rings. The molecule has 0 atom stereocenters. The molecule has 0 bridgehead atoms. The Hall–Kier alpha value is -2.04. The number of hydrogen-bond donors (Lipinski definition) is 1. The minimum atomic E-state index is -0.513. The first-order chi connectivity index (χ1) is 6.75. The number of ether oxygens (including phenoxy) is 1. The molecular weight excluding hydrogens is 184 g/mol. The number of aromatic amines is 1. The van der Waals surface area contributed by atoms with Crippen molar-refractivity contribution >= 4 is 10.9 Å². The lowest BCUT2D eigenvalue weighted by Crippen LogP contribution is -2.07. The molecule has 1 heterocycles. The van der Waals surface area contributed by atoms with Gasteiger partial charge in [-0.2, -0.15) is 0 Å². The molecule has 1 aromatic heterocycles. The van der Waals surface area contributed by atoms with E-state index in [1.54, 1.807) is 12.1 Å². The number of rotatable bonds is 3. The summed E-state index contributed by atoms with van der Waals surface area (Å²) in [6, 6.07) is 7.16. The van der Waals surface area contributed by atoms with E-state index >= 15 is 0 Å². The van der Waals surface area contributed by atoms with E-state index in [0.29, 0.717) is 5.75 Å². The smallest absolute Gasteiger partial charge is 0.344 e. The highest BCUT2D eigenvalue weighted by atomic mass is 16.7. The molecular formula is C9H8N2O3. The van der Waals surface area contributed by atoms with Crippen LogP contribution in [0.2, 0.25) is 0 Å². The third kappa shape index (κ3) is 1.66. The molecule has 14 heavy (non-hydrogen) atoms. The Balaban J connectivity index is 2.21. The van der Waals surface area contributed by atoms with Gasteiger partial charge in [0.1, 0.15) is 5.75 Å². The van der Waals surface area contributed by atoms with Gasteiger partial charge in [0.2, 0.25) is 0 Å². The van der Waals surface area contributed by atoms with Crippen molar-refractivity contribution in [3.63, 3.8) is 0 Å². The van der Waals surface area contributed by atoms with Gasteiger partial charge in [-0.25, -0.2) is 0 Å². The highest BCUT2D eigenvalue weighted by molar-refractivity contribution is 5.80. The molecule has 2 aromatic rings. The number of fused-ring (bicyclic) bond motifs is 1. The van der Waals surface area contributed by atoms with E-state index in [-0.39, 0.29) is 0 Å². The normalized spacial score (nSPS) is 10.3. The van der Waals surface area contributed by atoms with Gasteiger partial charge in [-0.15, -0.1) is 0 Å². The van der Waals surface area contributed by atoms with Gasteiger partial charge in [-0.1, -0.05) is 0 Å². The minimum Gasteiger partial charge on any atom is -0.432 e. The second-order valence-corrected chi connectivity index (χ2v) is 2.83. The summed E-state index contributed by atoms with van der Waals surface area (Å²) in [6.45, 7) is -0.504. The summed E-state index contributed by atoms with van der Waals surface area (Å²) in [7, 11) is 0. The number of benzene rings is 1. The molecule has 0 amide bonds. The van der Waals surface area contributed by atoms with Crippen molar-refractivity contribution in [2.24, 2.45) is 0 Å². The van der Waals surface area contributed by atoms with Crippen molar-refractivity contribution in [2.75, 3.05) is 6.73 Å². The summed E-state index contributed by atoms with van der Waals surface area (Å²) in [5.41, 5.74) is 0.985. The topological polar surface area (TPSA) is 68.2 Å². The monoisotopic (exact) mass is 192 g/mol. The molecule has 0 saturated carbocycles. The summed E-state index contributed by atoms with van der Waals surface area (Å²) in [5, 5.41) is 11.0. The Bertz CT molecular complexity index is 464. The number of nitrogens with zero attached hydrogens (tertiary/aromatic N) is 1. The predicted octanol–water partition coefficient (Wildman–Crippen LogP) is 1.78. The fraction of sp³-hybridized carbons (Fsp3) is 0.111. The lowest BCUT2D eigenvalue weighted by atomic mass is 10.2. The van der Waals surface area contributed by atoms with E-state index < -0.39 is 11.7 Å². The van der Waals surface area contributed by atoms with Gasteiger partial charge in [0.15, 0.2) is 0 Å². The number of aromatic nitrogens is 1. The van der Waals surface area contributed by atoms with Gasteiger partial charge in [-0.05, 0) is 24.3 Å². The average Bonchev–Trinajstić information content (AvgIpc) is 2.61. The van der Waals surface area contributed by atoms with Gasteiger partial charge in [0, 0.05) is 17.1 Å². The fourth-order valence-electron chi connectivity index (χ4n) is 1.25. The number of nitro groups is 1. The van der Waals surface area contributed by atoms with E-state index in [0.717, 1.165) is 10.9 Å². The van der Waals surface area contributed by atoms with Crippen molar-refractivity contribution in [3.8, 4) is 5.75 Å². The van der Waals surface area contributed by atoms with Crippen molar-refractivity contribution in [2.45, 2.75) is 0 Å². The molecule has 1 N–H and O–H groups in total. The van der Waals surface area contributed by atoms with Crippen LogP contribution >= 0.6 is 0 Å². The quantitative estimate of drug-likeness (QED) is 0.458. The van der Waals surface area contributed by atoms with Crippen LogP contribution in [0.15, 0.2) is 30.5 Å².